The monoisotopic (exact) mass is 238 g/mol. The first-order valence-electron chi connectivity index (χ1n) is 4.60. The summed E-state index contributed by atoms with van der Waals surface area (Å²) in [5.41, 5.74) is 0.661. The summed E-state index contributed by atoms with van der Waals surface area (Å²) in [5, 5.41) is 7.85. The quantitative estimate of drug-likeness (QED) is 0.825. The van der Waals surface area contributed by atoms with E-state index in [0.717, 1.165) is 0 Å². The van der Waals surface area contributed by atoms with Gasteiger partial charge in [-0.15, -0.1) is 5.10 Å². The fraction of sp³-hybridized carbons (Fsp3) is 0.0909. The fourth-order valence-electron chi connectivity index (χ4n) is 1.11. The molecule has 0 unspecified atom stereocenters. The average molecular weight is 239 g/mol. The lowest BCUT2D eigenvalue weighted by atomic mass is 10.3. The molecule has 82 valence electrons. The predicted molar refractivity (Wildman–Crippen MR) is 57.8 cm³/mol. The van der Waals surface area contributed by atoms with Crippen molar-refractivity contribution in [2.24, 2.45) is 0 Å². The highest BCUT2D eigenvalue weighted by atomic mass is 35.5. The molecule has 2 rings (SSSR count). The maximum absolute atomic E-state index is 12.6. The van der Waals surface area contributed by atoms with Gasteiger partial charge in [0.25, 0.3) is 0 Å². The summed E-state index contributed by atoms with van der Waals surface area (Å²) >= 11 is 5.59. The SMILES string of the molecule is Fc1ccc(OCc2ccc(Cl)nn2)cc1. The summed E-state index contributed by atoms with van der Waals surface area (Å²) in [5.74, 6) is 0.289. The number of rotatable bonds is 3. The molecule has 0 bridgehead atoms. The van der Waals surface area contributed by atoms with Gasteiger partial charge in [0.2, 0.25) is 0 Å². The topological polar surface area (TPSA) is 35.0 Å². The van der Waals surface area contributed by atoms with Crippen molar-refractivity contribution in [3.05, 3.63) is 53.1 Å². The Kier molecular flexibility index (Phi) is 3.31. The zero-order valence-corrected chi connectivity index (χ0v) is 8.99. The van der Waals surface area contributed by atoms with Gasteiger partial charge < -0.3 is 4.74 Å². The lowest BCUT2D eigenvalue weighted by Crippen LogP contribution is -1.99. The van der Waals surface area contributed by atoms with Gasteiger partial charge in [0, 0.05) is 0 Å². The second-order valence-electron chi connectivity index (χ2n) is 3.09. The molecule has 1 aromatic carbocycles. The Bertz CT molecular complexity index is 413. The van der Waals surface area contributed by atoms with Crippen LogP contribution in [0.5, 0.6) is 5.75 Å². The van der Waals surface area contributed by atoms with E-state index in [0.29, 0.717) is 16.6 Å². The van der Waals surface area contributed by atoms with E-state index < -0.39 is 0 Å². The molecule has 0 radical (unpaired) electrons. The van der Waals surface area contributed by atoms with Crippen molar-refractivity contribution in [2.45, 2.75) is 6.61 Å². The molecular formula is C11H8ClFN2O. The van der Waals surface area contributed by atoms with Crippen LogP contribution in [0.15, 0.2) is 36.4 Å². The van der Waals surface area contributed by atoms with Gasteiger partial charge in [0.05, 0.1) is 0 Å². The number of benzene rings is 1. The summed E-state index contributed by atoms with van der Waals surface area (Å²) in [6.07, 6.45) is 0. The number of hydrogen-bond donors (Lipinski definition) is 0. The number of hydrogen-bond acceptors (Lipinski definition) is 3. The Morgan fingerprint density at radius 3 is 2.44 bits per heavy atom. The van der Waals surface area contributed by atoms with Crippen molar-refractivity contribution in [2.75, 3.05) is 0 Å². The van der Waals surface area contributed by atoms with Crippen molar-refractivity contribution in [3.63, 3.8) is 0 Å². The molecular weight excluding hydrogens is 231 g/mol. The van der Waals surface area contributed by atoms with Crippen LogP contribution in [-0.2, 0) is 6.61 Å². The van der Waals surface area contributed by atoms with E-state index in [9.17, 15) is 4.39 Å². The third-order valence-corrected chi connectivity index (χ3v) is 2.09. The molecule has 16 heavy (non-hydrogen) atoms. The Hall–Kier alpha value is -1.68. The van der Waals surface area contributed by atoms with Crippen LogP contribution in [0.4, 0.5) is 4.39 Å². The van der Waals surface area contributed by atoms with E-state index in [1.165, 1.54) is 12.1 Å². The molecule has 2 aromatic rings. The van der Waals surface area contributed by atoms with Crippen molar-refractivity contribution in [1.82, 2.24) is 10.2 Å². The number of nitrogens with zero attached hydrogens (tertiary/aromatic N) is 2. The highest BCUT2D eigenvalue weighted by Crippen LogP contribution is 2.12. The van der Waals surface area contributed by atoms with Crippen molar-refractivity contribution in [1.29, 1.82) is 0 Å². The minimum Gasteiger partial charge on any atom is -0.487 e. The van der Waals surface area contributed by atoms with E-state index >= 15 is 0 Å². The lowest BCUT2D eigenvalue weighted by molar-refractivity contribution is 0.299. The third kappa shape index (κ3) is 2.90. The number of ether oxygens (including phenoxy) is 1. The average Bonchev–Trinajstić information content (AvgIpc) is 2.30. The maximum atomic E-state index is 12.6. The van der Waals surface area contributed by atoms with Crippen molar-refractivity contribution < 1.29 is 9.13 Å². The van der Waals surface area contributed by atoms with Gasteiger partial charge in [-0.1, -0.05) is 11.6 Å². The molecule has 1 heterocycles. The van der Waals surface area contributed by atoms with Crippen LogP contribution >= 0.6 is 11.6 Å². The van der Waals surface area contributed by atoms with Crippen LogP contribution in [0.25, 0.3) is 0 Å². The highest BCUT2D eigenvalue weighted by molar-refractivity contribution is 6.29. The Balaban J connectivity index is 1.97. The molecule has 0 spiro atoms. The second kappa shape index (κ2) is 4.90. The van der Waals surface area contributed by atoms with Crippen LogP contribution in [0, 0.1) is 5.82 Å². The van der Waals surface area contributed by atoms with Crippen LogP contribution in [0.3, 0.4) is 0 Å². The first kappa shape index (κ1) is 10.8. The van der Waals surface area contributed by atoms with Gasteiger partial charge in [0.1, 0.15) is 23.9 Å². The largest absolute Gasteiger partial charge is 0.487 e. The smallest absolute Gasteiger partial charge is 0.151 e. The van der Waals surface area contributed by atoms with Gasteiger partial charge in [-0.25, -0.2) is 4.39 Å². The fourth-order valence-corrected chi connectivity index (χ4v) is 1.21. The molecule has 0 saturated carbocycles. The zero-order chi connectivity index (χ0) is 11.4. The molecule has 0 fully saturated rings. The van der Waals surface area contributed by atoms with Gasteiger partial charge in [-0.3, -0.25) is 0 Å². The van der Waals surface area contributed by atoms with Crippen LogP contribution < -0.4 is 4.74 Å². The van der Waals surface area contributed by atoms with Gasteiger partial charge in [0.15, 0.2) is 5.15 Å². The van der Waals surface area contributed by atoms with Gasteiger partial charge in [-0.05, 0) is 36.4 Å². The molecule has 0 aliphatic rings. The first-order valence-corrected chi connectivity index (χ1v) is 4.98. The second-order valence-corrected chi connectivity index (χ2v) is 3.48. The number of halogens is 2. The lowest BCUT2D eigenvalue weighted by Gasteiger charge is -2.04. The first-order chi connectivity index (χ1) is 7.74. The Morgan fingerprint density at radius 2 is 1.81 bits per heavy atom. The van der Waals surface area contributed by atoms with E-state index in [1.807, 2.05) is 0 Å². The van der Waals surface area contributed by atoms with Crippen molar-refractivity contribution >= 4 is 11.6 Å². The maximum Gasteiger partial charge on any atom is 0.151 e. The normalized spacial score (nSPS) is 10.1. The molecule has 0 atom stereocenters. The molecule has 0 aliphatic carbocycles. The van der Waals surface area contributed by atoms with Gasteiger partial charge in [-0.2, -0.15) is 5.10 Å². The molecule has 1 aromatic heterocycles. The van der Waals surface area contributed by atoms with Gasteiger partial charge >= 0.3 is 0 Å². The van der Waals surface area contributed by atoms with E-state index in [-0.39, 0.29) is 12.4 Å². The molecule has 3 nitrogen and oxygen atoms in total. The molecule has 5 heteroatoms. The summed E-state index contributed by atoms with van der Waals surface area (Å²) in [6.45, 7) is 0.274. The predicted octanol–water partition coefficient (Wildman–Crippen LogP) is 2.85. The van der Waals surface area contributed by atoms with Crippen molar-refractivity contribution in [3.8, 4) is 5.75 Å². The van der Waals surface area contributed by atoms with Crippen LogP contribution in [0.1, 0.15) is 5.69 Å². The summed E-state index contributed by atoms with van der Waals surface area (Å²) in [7, 11) is 0. The zero-order valence-electron chi connectivity index (χ0n) is 8.23. The van der Waals surface area contributed by atoms with E-state index in [2.05, 4.69) is 10.2 Å². The third-order valence-electron chi connectivity index (χ3n) is 1.89. The minimum atomic E-state index is -0.293. The van der Waals surface area contributed by atoms with Crippen LogP contribution in [0.2, 0.25) is 5.15 Å². The molecule has 0 aliphatic heterocycles. The number of aromatic nitrogens is 2. The van der Waals surface area contributed by atoms with E-state index in [1.54, 1.807) is 24.3 Å². The van der Waals surface area contributed by atoms with Crippen LogP contribution in [-0.4, -0.2) is 10.2 Å². The Labute approximate surface area is 96.8 Å². The summed E-state index contributed by atoms with van der Waals surface area (Å²) in [4.78, 5) is 0. The summed E-state index contributed by atoms with van der Waals surface area (Å²) in [6, 6.07) is 9.14. The van der Waals surface area contributed by atoms with E-state index in [4.69, 9.17) is 16.3 Å². The minimum absolute atomic E-state index is 0.274. The molecule has 0 amide bonds. The Morgan fingerprint density at radius 1 is 1.06 bits per heavy atom. The molecule has 0 saturated heterocycles. The standard InChI is InChI=1S/C11H8ClFN2O/c12-11-6-3-9(14-15-11)7-16-10-4-1-8(13)2-5-10/h1-6H,7H2. The molecule has 0 N–H and O–H groups in total. The highest BCUT2D eigenvalue weighted by Gasteiger charge is 1.98. The summed E-state index contributed by atoms with van der Waals surface area (Å²) < 4.78 is 18.0.